The van der Waals surface area contributed by atoms with Crippen molar-refractivity contribution in [1.29, 1.82) is 0 Å². The number of nitrogens with one attached hydrogen (secondary N) is 3. The number of rotatable bonds is 8. The molecule has 4 N–H and O–H groups in total. The molecular weight excluding hydrogens is 569 g/mol. The Labute approximate surface area is 256 Å². The average Bonchev–Trinajstić information content (AvgIpc) is 3.17. The standard InChI is InChI=1S/C33H41F3N6O2/c1-19-20(2)25(11-10-23(19)21-12-14-42(15-13-21)18-31(3,4)44)40-30-38-17-24(33(34,35)36)28(41-30)37-16-22-8-7-9-26-27(22)32(5,6)29(43)39-26/h7-11,17,21,44H,12-16,18H2,1-6H3,(H,39,43)(H2,37,38,40,41). The molecule has 11 heteroatoms. The van der Waals surface area contributed by atoms with Crippen LogP contribution in [0.4, 0.5) is 36.3 Å². The number of aromatic nitrogens is 2. The number of hydrogen-bond donors (Lipinski definition) is 4. The third-order valence-corrected chi connectivity index (χ3v) is 8.85. The van der Waals surface area contributed by atoms with Crippen LogP contribution in [0.1, 0.15) is 79.8 Å². The van der Waals surface area contributed by atoms with Gasteiger partial charge in [-0.05, 0) is 113 Å². The minimum atomic E-state index is -4.66. The van der Waals surface area contributed by atoms with Crippen molar-refractivity contribution in [2.24, 2.45) is 0 Å². The van der Waals surface area contributed by atoms with Crippen LogP contribution in [0.15, 0.2) is 36.5 Å². The van der Waals surface area contributed by atoms with Gasteiger partial charge < -0.3 is 26.0 Å². The molecule has 0 saturated carbocycles. The molecule has 1 amide bonds. The molecule has 236 valence electrons. The number of nitrogens with zero attached hydrogens (tertiary/aromatic N) is 3. The summed E-state index contributed by atoms with van der Waals surface area (Å²) >= 11 is 0. The maximum atomic E-state index is 14.0. The largest absolute Gasteiger partial charge is 0.421 e. The molecule has 2 aliphatic rings. The van der Waals surface area contributed by atoms with Gasteiger partial charge in [0.2, 0.25) is 11.9 Å². The summed E-state index contributed by atoms with van der Waals surface area (Å²) in [5, 5.41) is 19.0. The zero-order chi connectivity index (χ0) is 32.0. The second-order valence-corrected chi connectivity index (χ2v) is 13.2. The predicted molar refractivity (Wildman–Crippen MR) is 166 cm³/mol. The van der Waals surface area contributed by atoms with Crippen molar-refractivity contribution in [3.8, 4) is 0 Å². The Bertz CT molecular complexity index is 1560. The Kier molecular flexibility index (Phi) is 8.41. The van der Waals surface area contributed by atoms with E-state index in [1.807, 2.05) is 26.8 Å². The first-order chi connectivity index (χ1) is 20.5. The molecule has 8 nitrogen and oxygen atoms in total. The van der Waals surface area contributed by atoms with Gasteiger partial charge >= 0.3 is 6.18 Å². The van der Waals surface area contributed by atoms with Crippen LogP contribution >= 0.6 is 0 Å². The van der Waals surface area contributed by atoms with Crippen LogP contribution in [0.5, 0.6) is 0 Å². The third-order valence-electron chi connectivity index (χ3n) is 8.85. The number of anilines is 4. The van der Waals surface area contributed by atoms with Gasteiger partial charge in [-0.2, -0.15) is 18.2 Å². The van der Waals surface area contributed by atoms with Crippen LogP contribution in [-0.2, 0) is 22.9 Å². The minimum Gasteiger partial charge on any atom is -0.389 e. The fourth-order valence-electron chi connectivity index (χ4n) is 6.43. The summed E-state index contributed by atoms with van der Waals surface area (Å²) in [6.45, 7) is 13.8. The monoisotopic (exact) mass is 610 g/mol. The maximum absolute atomic E-state index is 14.0. The van der Waals surface area contributed by atoms with Gasteiger partial charge in [0, 0.05) is 30.7 Å². The smallest absolute Gasteiger partial charge is 0.389 e. The fourth-order valence-corrected chi connectivity index (χ4v) is 6.43. The molecule has 44 heavy (non-hydrogen) atoms. The fraction of sp³-hybridized carbons (Fsp3) is 0.485. The molecule has 3 aromatic rings. The molecule has 1 fully saturated rings. The lowest BCUT2D eigenvalue weighted by atomic mass is 9.83. The topological polar surface area (TPSA) is 102 Å². The molecule has 0 aliphatic carbocycles. The van der Waals surface area contributed by atoms with Crippen molar-refractivity contribution in [3.63, 3.8) is 0 Å². The number of β-amino-alcohol motifs (C(OH)–C–C–N with tert-alkyl or cyclic N) is 1. The molecule has 3 heterocycles. The number of carbonyl (C=O) groups excluding carboxylic acids is 1. The van der Waals surface area contributed by atoms with Gasteiger partial charge in [0.15, 0.2) is 0 Å². The van der Waals surface area contributed by atoms with E-state index in [4.69, 9.17) is 0 Å². The number of carbonyl (C=O) groups is 1. The Balaban J connectivity index is 1.35. The maximum Gasteiger partial charge on any atom is 0.421 e. The minimum absolute atomic E-state index is 0.0442. The predicted octanol–water partition coefficient (Wildman–Crippen LogP) is 6.65. The molecule has 0 spiro atoms. The Hall–Kier alpha value is -3.70. The summed E-state index contributed by atoms with van der Waals surface area (Å²) in [4.78, 5) is 23.0. The lowest BCUT2D eigenvalue weighted by molar-refractivity contribution is -0.137. The van der Waals surface area contributed by atoms with Gasteiger partial charge in [-0.25, -0.2) is 4.98 Å². The summed E-state index contributed by atoms with van der Waals surface area (Å²) < 4.78 is 41.9. The van der Waals surface area contributed by atoms with Gasteiger partial charge in [0.25, 0.3) is 0 Å². The number of hydrogen-bond acceptors (Lipinski definition) is 7. The molecule has 0 radical (unpaired) electrons. The van der Waals surface area contributed by atoms with Crippen molar-refractivity contribution in [2.45, 2.75) is 84.0 Å². The van der Waals surface area contributed by atoms with Crippen LogP contribution in [0.3, 0.4) is 0 Å². The van der Waals surface area contributed by atoms with E-state index in [0.29, 0.717) is 23.7 Å². The average molecular weight is 611 g/mol. The molecule has 5 rings (SSSR count). The van der Waals surface area contributed by atoms with Crippen LogP contribution in [-0.4, -0.2) is 51.1 Å². The molecule has 0 atom stereocenters. The number of likely N-dealkylation sites (tertiary alicyclic amines) is 1. The first kappa shape index (κ1) is 31.7. The second-order valence-electron chi connectivity index (χ2n) is 13.2. The highest BCUT2D eigenvalue weighted by Gasteiger charge is 2.40. The van der Waals surface area contributed by atoms with Crippen molar-refractivity contribution in [3.05, 3.63) is 69.9 Å². The Morgan fingerprint density at radius 2 is 1.80 bits per heavy atom. The van der Waals surface area contributed by atoms with E-state index in [9.17, 15) is 23.1 Å². The van der Waals surface area contributed by atoms with Gasteiger partial charge in [-0.1, -0.05) is 18.2 Å². The Morgan fingerprint density at radius 1 is 1.09 bits per heavy atom. The van der Waals surface area contributed by atoms with E-state index < -0.39 is 22.8 Å². The highest BCUT2D eigenvalue weighted by Crippen LogP contribution is 2.41. The van der Waals surface area contributed by atoms with E-state index in [-0.39, 0.29) is 24.2 Å². The summed E-state index contributed by atoms with van der Waals surface area (Å²) in [5.74, 6) is -0.0520. The van der Waals surface area contributed by atoms with Crippen molar-refractivity contribution in [2.75, 3.05) is 35.6 Å². The summed E-state index contributed by atoms with van der Waals surface area (Å²) in [6, 6.07) is 9.37. The number of aliphatic hydroxyl groups is 1. The van der Waals surface area contributed by atoms with Gasteiger partial charge in [-0.15, -0.1) is 0 Å². The lowest BCUT2D eigenvalue weighted by Crippen LogP contribution is -2.42. The van der Waals surface area contributed by atoms with Gasteiger partial charge in [0.05, 0.1) is 11.0 Å². The first-order valence-electron chi connectivity index (χ1n) is 15.0. The second kappa shape index (κ2) is 11.7. The summed E-state index contributed by atoms with van der Waals surface area (Å²) in [6.07, 6.45) is -1.88. The van der Waals surface area contributed by atoms with Gasteiger partial charge in [-0.3, -0.25) is 4.79 Å². The van der Waals surface area contributed by atoms with Crippen LogP contribution in [0.2, 0.25) is 0 Å². The van der Waals surface area contributed by atoms with E-state index >= 15 is 0 Å². The zero-order valence-corrected chi connectivity index (χ0v) is 26.1. The summed E-state index contributed by atoms with van der Waals surface area (Å²) in [7, 11) is 0. The molecular formula is C33H41F3N6O2. The number of fused-ring (bicyclic) bond motifs is 1. The normalized spacial score (nSPS) is 17.4. The third kappa shape index (κ3) is 6.53. The highest BCUT2D eigenvalue weighted by molar-refractivity contribution is 6.06. The van der Waals surface area contributed by atoms with Crippen molar-refractivity contribution >= 4 is 29.0 Å². The quantitative estimate of drug-likeness (QED) is 0.227. The lowest BCUT2D eigenvalue weighted by Gasteiger charge is -2.36. The first-order valence-corrected chi connectivity index (χ1v) is 15.0. The van der Waals surface area contributed by atoms with Crippen molar-refractivity contribution in [1.82, 2.24) is 14.9 Å². The molecule has 1 saturated heterocycles. The summed E-state index contributed by atoms with van der Waals surface area (Å²) in [5.41, 5.74) is 3.72. The Morgan fingerprint density at radius 3 is 2.45 bits per heavy atom. The van der Waals surface area contributed by atoms with Crippen LogP contribution in [0, 0.1) is 13.8 Å². The van der Waals surface area contributed by atoms with Crippen LogP contribution in [0.25, 0.3) is 0 Å². The number of alkyl halides is 3. The highest BCUT2D eigenvalue weighted by atomic mass is 19.4. The molecule has 2 aliphatic heterocycles. The van der Waals surface area contributed by atoms with E-state index in [2.05, 4.69) is 43.8 Å². The number of amides is 1. The molecule has 1 aromatic heterocycles. The number of piperidine rings is 1. The number of halogens is 3. The van der Waals surface area contributed by atoms with Gasteiger partial charge in [0.1, 0.15) is 11.4 Å². The van der Waals surface area contributed by atoms with E-state index in [1.54, 1.807) is 32.0 Å². The number of benzene rings is 2. The molecule has 0 bridgehead atoms. The zero-order valence-electron chi connectivity index (χ0n) is 26.1. The molecule has 0 unspecified atom stereocenters. The van der Waals surface area contributed by atoms with Crippen LogP contribution < -0.4 is 16.0 Å². The van der Waals surface area contributed by atoms with E-state index in [0.717, 1.165) is 54.5 Å². The van der Waals surface area contributed by atoms with E-state index in [1.165, 1.54) is 5.56 Å². The molecule has 2 aromatic carbocycles. The SMILES string of the molecule is Cc1c(Nc2ncc(C(F)(F)F)c(NCc3cccc4c3C(C)(C)C(=O)N4)n2)ccc(C2CCN(CC(C)(C)O)CC2)c1C. The van der Waals surface area contributed by atoms with Crippen molar-refractivity contribution < 1.29 is 23.1 Å².